The maximum atomic E-state index is 12.6. The summed E-state index contributed by atoms with van der Waals surface area (Å²) in [7, 11) is 1.78. The molecule has 0 radical (unpaired) electrons. The summed E-state index contributed by atoms with van der Waals surface area (Å²) >= 11 is 1.45. The highest BCUT2D eigenvalue weighted by Gasteiger charge is 2.38. The number of aromatic nitrogens is 1. The number of ether oxygens (including phenoxy) is 1. The summed E-state index contributed by atoms with van der Waals surface area (Å²) in [6.45, 7) is 12.1. The van der Waals surface area contributed by atoms with Gasteiger partial charge in [0.1, 0.15) is 5.60 Å². The van der Waals surface area contributed by atoms with Crippen LogP contribution in [-0.4, -0.2) is 82.2 Å². The summed E-state index contributed by atoms with van der Waals surface area (Å²) in [4.78, 5) is 33.8. The fourth-order valence-electron chi connectivity index (χ4n) is 3.14. The van der Waals surface area contributed by atoms with Gasteiger partial charge in [0, 0.05) is 24.0 Å². The molecule has 28 heavy (non-hydrogen) atoms. The van der Waals surface area contributed by atoms with Crippen molar-refractivity contribution in [3.63, 3.8) is 0 Å². The molecule has 2 rings (SSSR count). The number of likely N-dealkylation sites (N-methyl/N-ethyl adjacent to an activating group) is 1. The first-order valence-corrected chi connectivity index (χ1v) is 10.3. The second-order valence-corrected chi connectivity index (χ2v) is 9.62. The maximum absolute atomic E-state index is 12.6. The topological polar surface area (TPSA) is 95.0 Å². The standard InChI is InChI=1S/C19H32N4O4S/c1-11-13(3)28-18(20-11)21-17(26)12(2)23-8-14(15(24)9-23)22(7)10-16(25)27-19(4,5)6/h12,14-15,24H,8-10H2,1-7H3,(H,20,21,26)/t12-,14+,15-/m1/s1. The number of likely N-dealkylation sites (tertiary alicyclic amines) is 1. The van der Waals surface area contributed by atoms with Gasteiger partial charge < -0.3 is 15.2 Å². The molecule has 0 unspecified atom stereocenters. The third kappa shape index (κ3) is 5.97. The van der Waals surface area contributed by atoms with Gasteiger partial charge in [-0.05, 0) is 48.6 Å². The minimum Gasteiger partial charge on any atom is -0.459 e. The van der Waals surface area contributed by atoms with Gasteiger partial charge in [0.15, 0.2) is 5.13 Å². The van der Waals surface area contributed by atoms with Crippen LogP contribution >= 0.6 is 11.3 Å². The average molecular weight is 413 g/mol. The number of rotatable bonds is 6. The van der Waals surface area contributed by atoms with Crippen molar-refractivity contribution < 1.29 is 19.4 Å². The Balaban J connectivity index is 1.92. The molecule has 1 aromatic heterocycles. The van der Waals surface area contributed by atoms with Crippen molar-refractivity contribution in [2.24, 2.45) is 0 Å². The SMILES string of the molecule is Cc1nc(NC(=O)[C@@H](C)N2C[C@@H](O)[C@@H](N(C)CC(=O)OC(C)(C)C)C2)sc1C. The van der Waals surface area contributed by atoms with Gasteiger partial charge in [-0.1, -0.05) is 0 Å². The van der Waals surface area contributed by atoms with Gasteiger partial charge in [-0.15, -0.1) is 11.3 Å². The zero-order valence-electron chi connectivity index (χ0n) is 17.8. The summed E-state index contributed by atoms with van der Waals surface area (Å²) in [5.41, 5.74) is 0.366. The second kappa shape index (κ2) is 8.86. The normalized spacial score (nSPS) is 21.8. The van der Waals surface area contributed by atoms with Crippen molar-refractivity contribution in [2.45, 2.75) is 65.3 Å². The molecule has 0 saturated carbocycles. The Morgan fingerprint density at radius 2 is 2.04 bits per heavy atom. The van der Waals surface area contributed by atoms with Crippen molar-refractivity contribution in [2.75, 3.05) is 32.0 Å². The number of carbonyl (C=O) groups excluding carboxylic acids is 2. The predicted molar refractivity (Wildman–Crippen MR) is 110 cm³/mol. The van der Waals surface area contributed by atoms with Crippen LogP contribution in [0.5, 0.6) is 0 Å². The first kappa shape index (κ1) is 22.7. The molecule has 1 saturated heterocycles. The van der Waals surface area contributed by atoms with Crippen LogP contribution in [0, 0.1) is 13.8 Å². The van der Waals surface area contributed by atoms with E-state index in [0.717, 1.165) is 10.6 Å². The van der Waals surface area contributed by atoms with E-state index >= 15 is 0 Å². The van der Waals surface area contributed by atoms with Crippen LogP contribution in [0.15, 0.2) is 0 Å². The number of nitrogens with one attached hydrogen (secondary N) is 1. The molecule has 2 N–H and O–H groups in total. The second-order valence-electron chi connectivity index (χ2n) is 8.42. The summed E-state index contributed by atoms with van der Waals surface area (Å²) in [6, 6.07) is -0.661. The molecule has 1 aliphatic heterocycles. The molecule has 0 aromatic carbocycles. The van der Waals surface area contributed by atoms with Gasteiger partial charge in [0.25, 0.3) is 0 Å². The number of esters is 1. The van der Waals surface area contributed by atoms with E-state index in [-0.39, 0.29) is 24.5 Å². The Labute approximate surface area is 170 Å². The fraction of sp³-hybridized carbons (Fsp3) is 0.737. The molecule has 1 aromatic rings. The van der Waals surface area contributed by atoms with Crippen LogP contribution < -0.4 is 5.32 Å². The lowest BCUT2D eigenvalue weighted by Gasteiger charge is -2.28. The Bertz CT molecular complexity index is 696. The van der Waals surface area contributed by atoms with Crippen LogP contribution in [0.25, 0.3) is 0 Å². The van der Waals surface area contributed by atoms with Gasteiger partial charge >= 0.3 is 5.97 Å². The highest BCUT2D eigenvalue weighted by molar-refractivity contribution is 7.15. The monoisotopic (exact) mass is 412 g/mol. The molecule has 1 fully saturated rings. The number of hydrogen-bond acceptors (Lipinski definition) is 8. The van der Waals surface area contributed by atoms with E-state index in [1.807, 2.05) is 46.4 Å². The Kier molecular flexibility index (Phi) is 7.19. The number of aliphatic hydroxyl groups excluding tert-OH is 1. The van der Waals surface area contributed by atoms with Crippen molar-refractivity contribution in [3.8, 4) is 0 Å². The van der Waals surface area contributed by atoms with Crippen molar-refractivity contribution in [3.05, 3.63) is 10.6 Å². The summed E-state index contributed by atoms with van der Waals surface area (Å²) in [5, 5.41) is 13.9. The lowest BCUT2D eigenvalue weighted by atomic mass is 10.2. The molecule has 1 aliphatic rings. The molecule has 0 bridgehead atoms. The summed E-state index contributed by atoms with van der Waals surface area (Å²) < 4.78 is 5.35. The quantitative estimate of drug-likeness (QED) is 0.682. The number of carbonyl (C=O) groups is 2. The number of aliphatic hydroxyl groups is 1. The Morgan fingerprint density at radius 1 is 1.39 bits per heavy atom. The van der Waals surface area contributed by atoms with E-state index in [4.69, 9.17) is 4.74 Å². The van der Waals surface area contributed by atoms with Gasteiger partial charge in [-0.25, -0.2) is 4.98 Å². The molecular formula is C19H32N4O4S. The highest BCUT2D eigenvalue weighted by atomic mass is 32.1. The molecule has 158 valence electrons. The number of nitrogens with zero attached hydrogens (tertiary/aromatic N) is 3. The summed E-state index contributed by atoms with van der Waals surface area (Å²) in [5.74, 6) is -0.489. The Morgan fingerprint density at radius 3 is 2.57 bits per heavy atom. The van der Waals surface area contributed by atoms with Gasteiger partial charge in [-0.2, -0.15) is 0 Å². The van der Waals surface area contributed by atoms with E-state index in [9.17, 15) is 14.7 Å². The fourth-order valence-corrected chi connectivity index (χ4v) is 3.96. The zero-order chi connectivity index (χ0) is 21.2. The number of aryl methyl sites for hydroxylation is 2. The molecule has 0 aliphatic carbocycles. The maximum Gasteiger partial charge on any atom is 0.320 e. The number of anilines is 1. The number of amides is 1. The van der Waals surface area contributed by atoms with Gasteiger partial charge in [-0.3, -0.25) is 19.4 Å². The van der Waals surface area contributed by atoms with Gasteiger partial charge in [0.2, 0.25) is 5.91 Å². The average Bonchev–Trinajstić information content (AvgIpc) is 3.07. The predicted octanol–water partition coefficient (Wildman–Crippen LogP) is 1.41. The molecule has 0 spiro atoms. The molecular weight excluding hydrogens is 380 g/mol. The first-order chi connectivity index (χ1) is 12.9. The minimum absolute atomic E-state index is 0.0884. The highest BCUT2D eigenvalue weighted by Crippen LogP contribution is 2.23. The van der Waals surface area contributed by atoms with Crippen molar-refractivity contribution in [1.29, 1.82) is 0 Å². The van der Waals surface area contributed by atoms with Crippen LogP contribution in [0.2, 0.25) is 0 Å². The van der Waals surface area contributed by atoms with E-state index in [1.54, 1.807) is 11.9 Å². The van der Waals surface area contributed by atoms with E-state index in [0.29, 0.717) is 18.2 Å². The van der Waals surface area contributed by atoms with Crippen LogP contribution in [-0.2, 0) is 14.3 Å². The van der Waals surface area contributed by atoms with E-state index in [2.05, 4.69) is 10.3 Å². The lowest BCUT2D eigenvalue weighted by Crippen LogP contribution is -2.45. The lowest BCUT2D eigenvalue weighted by molar-refractivity contribution is -0.156. The minimum atomic E-state index is -0.646. The van der Waals surface area contributed by atoms with Crippen LogP contribution in [0.3, 0.4) is 0 Å². The molecule has 2 heterocycles. The van der Waals surface area contributed by atoms with Crippen molar-refractivity contribution in [1.82, 2.24) is 14.8 Å². The van der Waals surface area contributed by atoms with E-state index < -0.39 is 17.7 Å². The smallest absolute Gasteiger partial charge is 0.320 e. The molecule has 3 atom stereocenters. The van der Waals surface area contributed by atoms with Gasteiger partial charge in [0.05, 0.1) is 24.4 Å². The first-order valence-electron chi connectivity index (χ1n) is 9.46. The van der Waals surface area contributed by atoms with Crippen molar-refractivity contribution >= 4 is 28.3 Å². The molecule has 9 heteroatoms. The number of β-amino-alcohol motifs (C(OH)–C–C–N with tert-alkyl or cyclic N) is 1. The third-order valence-corrected chi connectivity index (χ3v) is 5.83. The summed E-state index contributed by atoms with van der Waals surface area (Å²) in [6.07, 6.45) is -0.646. The van der Waals surface area contributed by atoms with Crippen LogP contribution in [0.1, 0.15) is 38.3 Å². The third-order valence-electron chi connectivity index (χ3n) is 4.84. The van der Waals surface area contributed by atoms with Crippen LogP contribution in [0.4, 0.5) is 5.13 Å². The number of thiazole rings is 1. The van der Waals surface area contributed by atoms with E-state index in [1.165, 1.54) is 11.3 Å². The molecule has 8 nitrogen and oxygen atoms in total. The molecule has 1 amide bonds. The largest absolute Gasteiger partial charge is 0.459 e. The zero-order valence-corrected chi connectivity index (χ0v) is 18.6. The number of hydrogen-bond donors (Lipinski definition) is 2. The Hall–Kier alpha value is -1.55.